The first-order valence-electron chi connectivity index (χ1n) is 6.59. The molecule has 20 heavy (non-hydrogen) atoms. The lowest BCUT2D eigenvalue weighted by Crippen LogP contribution is -2.29. The standard InChI is InChI=1S/C16H19IN2O/c1-11(2)20-13-9-7-12(8-10-13)16(19-18)14-5-3-4-6-15(14)17/h3-11,16,19H,18H2,1-2H3. The minimum absolute atomic E-state index is 0.0174. The zero-order chi connectivity index (χ0) is 14.5. The van der Waals surface area contributed by atoms with E-state index < -0.39 is 0 Å². The van der Waals surface area contributed by atoms with Crippen LogP contribution in [0.1, 0.15) is 31.0 Å². The van der Waals surface area contributed by atoms with Gasteiger partial charge in [0.1, 0.15) is 5.75 Å². The van der Waals surface area contributed by atoms with Crippen LogP contribution < -0.4 is 16.0 Å². The Balaban J connectivity index is 2.26. The fourth-order valence-corrected chi connectivity index (χ4v) is 2.78. The van der Waals surface area contributed by atoms with E-state index in [-0.39, 0.29) is 12.1 Å². The molecule has 0 aliphatic heterocycles. The number of nitrogens with two attached hydrogens (primary N) is 1. The smallest absolute Gasteiger partial charge is 0.119 e. The largest absolute Gasteiger partial charge is 0.491 e. The molecule has 0 bridgehead atoms. The number of ether oxygens (including phenoxy) is 1. The maximum atomic E-state index is 5.74. The first kappa shape index (κ1) is 15.3. The van der Waals surface area contributed by atoms with Crippen LogP contribution in [0.15, 0.2) is 48.5 Å². The van der Waals surface area contributed by atoms with Gasteiger partial charge in [0.25, 0.3) is 0 Å². The van der Waals surface area contributed by atoms with Gasteiger partial charge in [-0.1, -0.05) is 30.3 Å². The minimum atomic E-state index is -0.0174. The molecule has 0 aromatic heterocycles. The van der Waals surface area contributed by atoms with Gasteiger partial charge in [-0.25, -0.2) is 5.43 Å². The van der Waals surface area contributed by atoms with Gasteiger partial charge in [-0.15, -0.1) is 0 Å². The molecule has 0 radical (unpaired) electrons. The predicted molar refractivity (Wildman–Crippen MR) is 90.5 cm³/mol. The Bertz CT molecular complexity index is 555. The van der Waals surface area contributed by atoms with Crippen molar-refractivity contribution in [3.05, 3.63) is 63.2 Å². The van der Waals surface area contributed by atoms with Crippen LogP contribution >= 0.6 is 22.6 Å². The van der Waals surface area contributed by atoms with E-state index in [9.17, 15) is 0 Å². The molecule has 0 aliphatic rings. The molecule has 3 N–H and O–H groups in total. The van der Waals surface area contributed by atoms with E-state index in [2.05, 4.69) is 40.1 Å². The Labute approximate surface area is 133 Å². The van der Waals surface area contributed by atoms with Crippen molar-refractivity contribution in [2.75, 3.05) is 0 Å². The molecule has 2 rings (SSSR count). The van der Waals surface area contributed by atoms with Crippen molar-refractivity contribution in [2.24, 2.45) is 5.84 Å². The van der Waals surface area contributed by atoms with Crippen LogP contribution in [-0.2, 0) is 0 Å². The predicted octanol–water partition coefficient (Wildman–Crippen LogP) is 3.63. The van der Waals surface area contributed by atoms with E-state index in [1.54, 1.807) is 0 Å². The van der Waals surface area contributed by atoms with Gasteiger partial charge in [0.05, 0.1) is 12.1 Å². The molecule has 1 atom stereocenters. The first-order chi connectivity index (χ1) is 9.61. The molecule has 106 valence electrons. The maximum absolute atomic E-state index is 5.74. The molecule has 4 heteroatoms. The number of hydrogen-bond acceptors (Lipinski definition) is 3. The van der Waals surface area contributed by atoms with E-state index in [1.165, 1.54) is 9.13 Å². The summed E-state index contributed by atoms with van der Waals surface area (Å²) >= 11 is 2.33. The second-order valence-electron chi connectivity index (χ2n) is 4.86. The van der Waals surface area contributed by atoms with Gasteiger partial charge in [0.2, 0.25) is 0 Å². The van der Waals surface area contributed by atoms with Crippen LogP contribution in [0.5, 0.6) is 5.75 Å². The average molecular weight is 382 g/mol. The highest BCUT2D eigenvalue weighted by Crippen LogP contribution is 2.27. The van der Waals surface area contributed by atoms with Gasteiger partial charge in [0, 0.05) is 3.57 Å². The number of rotatable bonds is 5. The Morgan fingerprint density at radius 2 is 1.70 bits per heavy atom. The lowest BCUT2D eigenvalue weighted by atomic mass is 9.99. The zero-order valence-corrected chi connectivity index (χ0v) is 13.8. The van der Waals surface area contributed by atoms with E-state index in [4.69, 9.17) is 10.6 Å². The molecule has 2 aromatic carbocycles. The molecular weight excluding hydrogens is 363 g/mol. The summed E-state index contributed by atoms with van der Waals surface area (Å²) in [6.07, 6.45) is 0.180. The van der Waals surface area contributed by atoms with Crippen molar-refractivity contribution >= 4 is 22.6 Å². The third-order valence-electron chi connectivity index (χ3n) is 2.97. The van der Waals surface area contributed by atoms with Crippen LogP contribution in [0.4, 0.5) is 0 Å². The van der Waals surface area contributed by atoms with Crippen LogP contribution in [0.25, 0.3) is 0 Å². The molecule has 0 spiro atoms. The lowest BCUT2D eigenvalue weighted by molar-refractivity contribution is 0.242. The number of nitrogens with one attached hydrogen (secondary N) is 1. The van der Waals surface area contributed by atoms with Gasteiger partial charge < -0.3 is 4.74 Å². The Morgan fingerprint density at radius 1 is 1.05 bits per heavy atom. The second-order valence-corrected chi connectivity index (χ2v) is 6.02. The summed E-state index contributed by atoms with van der Waals surface area (Å²) in [6, 6.07) is 16.3. The molecule has 2 aromatic rings. The maximum Gasteiger partial charge on any atom is 0.119 e. The molecule has 0 aliphatic carbocycles. The summed E-state index contributed by atoms with van der Waals surface area (Å²) < 4.78 is 6.85. The van der Waals surface area contributed by atoms with Gasteiger partial charge in [-0.2, -0.15) is 0 Å². The average Bonchev–Trinajstić information content (AvgIpc) is 2.43. The third-order valence-corrected chi connectivity index (χ3v) is 3.95. The summed E-state index contributed by atoms with van der Waals surface area (Å²) in [5.41, 5.74) is 5.18. The van der Waals surface area contributed by atoms with Crippen molar-refractivity contribution in [2.45, 2.75) is 26.0 Å². The Kier molecular flexibility index (Phi) is 5.39. The fraction of sp³-hybridized carbons (Fsp3) is 0.250. The van der Waals surface area contributed by atoms with Crippen molar-refractivity contribution in [3.63, 3.8) is 0 Å². The highest BCUT2D eigenvalue weighted by molar-refractivity contribution is 14.1. The van der Waals surface area contributed by atoms with Crippen molar-refractivity contribution in [1.29, 1.82) is 0 Å². The lowest BCUT2D eigenvalue weighted by Gasteiger charge is -2.19. The fourth-order valence-electron chi connectivity index (χ4n) is 2.09. The normalized spacial score (nSPS) is 12.4. The second kappa shape index (κ2) is 7.06. The van der Waals surface area contributed by atoms with Gasteiger partial charge in [-0.3, -0.25) is 5.84 Å². The van der Waals surface area contributed by atoms with Crippen molar-refractivity contribution in [1.82, 2.24) is 5.43 Å². The Hall–Kier alpha value is -1.11. The number of benzene rings is 2. The Morgan fingerprint density at radius 3 is 2.25 bits per heavy atom. The summed E-state index contributed by atoms with van der Waals surface area (Å²) in [5.74, 6) is 6.62. The number of halogens is 1. The van der Waals surface area contributed by atoms with Crippen LogP contribution in [-0.4, -0.2) is 6.10 Å². The topological polar surface area (TPSA) is 47.3 Å². The zero-order valence-electron chi connectivity index (χ0n) is 11.6. The number of hydrogen-bond donors (Lipinski definition) is 2. The molecule has 0 amide bonds. The summed E-state index contributed by atoms with van der Waals surface area (Å²) in [5, 5.41) is 0. The van der Waals surface area contributed by atoms with E-state index in [0.29, 0.717) is 0 Å². The monoisotopic (exact) mass is 382 g/mol. The van der Waals surface area contributed by atoms with Crippen molar-refractivity contribution < 1.29 is 4.74 Å². The van der Waals surface area contributed by atoms with Crippen LogP contribution in [0, 0.1) is 3.57 Å². The minimum Gasteiger partial charge on any atom is -0.491 e. The molecule has 1 unspecified atom stereocenters. The molecule has 0 fully saturated rings. The van der Waals surface area contributed by atoms with Crippen LogP contribution in [0.3, 0.4) is 0 Å². The molecule has 0 saturated heterocycles. The van der Waals surface area contributed by atoms with Gasteiger partial charge >= 0.3 is 0 Å². The first-order valence-corrected chi connectivity index (χ1v) is 7.67. The van der Waals surface area contributed by atoms with E-state index in [0.717, 1.165) is 11.3 Å². The van der Waals surface area contributed by atoms with Crippen molar-refractivity contribution in [3.8, 4) is 5.75 Å². The van der Waals surface area contributed by atoms with Crippen LogP contribution in [0.2, 0.25) is 0 Å². The molecular formula is C16H19IN2O. The quantitative estimate of drug-likeness (QED) is 0.472. The SMILES string of the molecule is CC(C)Oc1ccc(C(NN)c2ccccc2I)cc1. The van der Waals surface area contributed by atoms with Gasteiger partial charge in [0.15, 0.2) is 0 Å². The molecule has 0 heterocycles. The van der Waals surface area contributed by atoms with Gasteiger partial charge in [-0.05, 0) is 65.8 Å². The van der Waals surface area contributed by atoms with E-state index >= 15 is 0 Å². The molecule has 0 saturated carbocycles. The molecule has 3 nitrogen and oxygen atoms in total. The summed E-state index contributed by atoms with van der Waals surface area (Å²) in [4.78, 5) is 0. The highest BCUT2D eigenvalue weighted by atomic mass is 127. The summed E-state index contributed by atoms with van der Waals surface area (Å²) in [7, 11) is 0. The third kappa shape index (κ3) is 3.71. The highest BCUT2D eigenvalue weighted by Gasteiger charge is 2.14. The number of hydrazine groups is 1. The summed E-state index contributed by atoms with van der Waals surface area (Å²) in [6.45, 7) is 4.04. The van der Waals surface area contributed by atoms with E-state index in [1.807, 2.05) is 50.2 Å².